The fourth-order valence-corrected chi connectivity index (χ4v) is 1.79. The number of hydrogen-bond acceptors (Lipinski definition) is 4. The highest BCUT2D eigenvalue weighted by Gasteiger charge is 2.22. The lowest BCUT2D eigenvalue weighted by Crippen LogP contribution is -2.31. The van der Waals surface area contributed by atoms with Gasteiger partial charge in [-0.15, -0.1) is 0 Å². The Labute approximate surface area is 120 Å². The summed E-state index contributed by atoms with van der Waals surface area (Å²) in [5.74, 6) is 1.92. The number of nitrogens with zero attached hydrogens (tertiary/aromatic N) is 1. The molecule has 0 aliphatic carbocycles. The van der Waals surface area contributed by atoms with E-state index in [1.165, 1.54) is 0 Å². The molecule has 0 saturated heterocycles. The Kier molecular flexibility index (Phi) is 6.15. The molecule has 0 radical (unpaired) electrons. The third kappa shape index (κ3) is 4.99. The monoisotopic (exact) mass is 280 g/mol. The third-order valence-corrected chi connectivity index (χ3v) is 3.33. The van der Waals surface area contributed by atoms with Gasteiger partial charge in [-0.2, -0.15) is 0 Å². The Morgan fingerprint density at radius 2 is 1.80 bits per heavy atom. The van der Waals surface area contributed by atoms with Gasteiger partial charge in [0.1, 0.15) is 17.3 Å². The van der Waals surface area contributed by atoms with Crippen LogP contribution in [0, 0.1) is 5.41 Å². The van der Waals surface area contributed by atoms with Gasteiger partial charge in [0.2, 0.25) is 0 Å². The lowest BCUT2D eigenvalue weighted by molar-refractivity contribution is 0.288. The maximum atomic E-state index is 8.69. The molecule has 0 bridgehead atoms. The van der Waals surface area contributed by atoms with Crippen molar-refractivity contribution in [1.82, 2.24) is 0 Å². The zero-order valence-electron chi connectivity index (χ0n) is 12.4. The number of ether oxygens (including phenoxy) is 2. The van der Waals surface area contributed by atoms with Crippen LogP contribution in [0.2, 0.25) is 0 Å². The molecule has 0 aromatic heterocycles. The molecule has 0 aliphatic heterocycles. The zero-order valence-corrected chi connectivity index (χ0v) is 12.4. The number of amidine groups is 1. The number of methoxy groups -OCH3 is 1. The van der Waals surface area contributed by atoms with Gasteiger partial charge in [0, 0.05) is 5.41 Å². The van der Waals surface area contributed by atoms with Crippen molar-refractivity contribution >= 4 is 5.84 Å². The highest BCUT2D eigenvalue weighted by atomic mass is 16.5. The Morgan fingerprint density at radius 1 is 1.20 bits per heavy atom. The van der Waals surface area contributed by atoms with E-state index in [0.717, 1.165) is 30.8 Å². The van der Waals surface area contributed by atoms with Gasteiger partial charge in [0.05, 0.1) is 13.7 Å². The van der Waals surface area contributed by atoms with Gasteiger partial charge in [0.15, 0.2) is 0 Å². The SMILES string of the molecule is COc1ccc(OCCCCC(C)(C)/C(N)=N/O)cc1. The van der Waals surface area contributed by atoms with Crippen LogP contribution in [0.3, 0.4) is 0 Å². The van der Waals surface area contributed by atoms with E-state index in [0.29, 0.717) is 6.61 Å². The lowest BCUT2D eigenvalue weighted by Gasteiger charge is -2.22. The first-order valence-electron chi connectivity index (χ1n) is 6.74. The van der Waals surface area contributed by atoms with Crippen molar-refractivity contribution in [2.75, 3.05) is 13.7 Å². The maximum absolute atomic E-state index is 8.69. The summed E-state index contributed by atoms with van der Waals surface area (Å²) in [6, 6.07) is 7.52. The van der Waals surface area contributed by atoms with E-state index >= 15 is 0 Å². The van der Waals surface area contributed by atoms with Gasteiger partial charge in [0.25, 0.3) is 0 Å². The Bertz CT molecular complexity index is 427. The van der Waals surface area contributed by atoms with Crippen LogP contribution in [-0.4, -0.2) is 24.8 Å². The number of unbranched alkanes of at least 4 members (excludes halogenated alkanes) is 1. The van der Waals surface area contributed by atoms with Crippen molar-refractivity contribution in [2.45, 2.75) is 33.1 Å². The predicted octanol–water partition coefficient (Wildman–Crippen LogP) is 3.02. The molecular weight excluding hydrogens is 256 g/mol. The molecule has 3 N–H and O–H groups in total. The van der Waals surface area contributed by atoms with Crippen molar-refractivity contribution < 1.29 is 14.7 Å². The van der Waals surface area contributed by atoms with Crippen LogP contribution in [-0.2, 0) is 0 Å². The Balaban J connectivity index is 2.25. The van der Waals surface area contributed by atoms with Crippen LogP contribution in [0.1, 0.15) is 33.1 Å². The molecule has 0 spiro atoms. The minimum atomic E-state index is -0.283. The molecule has 0 unspecified atom stereocenters. The van der Waals surface area contributed by atoms with Crippen molar-refractivity contribution in [2.24, 2.45) is 16.3 Å². The fourth-order valence-electron chi connectivity index (χ4n) is 1.79. The smallest absolute Gasteiger partial charge is 0.144 e. The topological polar surface area (TPSA) is 77.1 Å². The summed E-state index contributed by atoms with van der Waals surface area (Å²) in [7, 11) is 1.64. The van der Waals surface area contributed by atoms with E-state index in [4.69, 9.17) is 20.4 Å². The quantitative estimate of drug-likeness (QED) is 0.252. The number of oxime groups is 1. The summed E-state index contributed by atoms with van der Waals surface area (Å²) in [6.45, 7) is 4.58. The van der Waals surface area contributed by atoms with E-state index in [-0.39, 0.29) is 11.3 Å². The molecule has 1 rings (SSSR count). The van der Waals surface area contributed by atoms with Crippen LogP contribution in [0.15, 0.2) is 29.4 Å². The van der Waals surface area contributed by atoms with Crippen molar-refractivity contribution in [1.29, 1.82) is 0 Å². The maximum Gasteiger partial charge on any atom is 0.144 e. The molecule has 0 aliphatic rings. The van der Waals surface area contributed by atoms with Gasteiger partial charge < -0.3 is 20.4 Å². The minimum Gasteiger partial charge on any atom is -0.497 e. The highest BCUT2D eigenvalue weighted by Crippen LogP contribution is 2.23. The van der Waals surface area contributed by atoms with Crippen molar-refractivity contribution in [3.05, 3.63) is 24.3 Å². The Hall–Kier alpha value is -1.91. The second-order valence-corrected chi connectivity index (χ2v) is 5.35. The average Bonchev–Trinajstić information content (AvgIpc) is 2.46. The summed E-state index contributed by atoms with van der Waals surface area (Å²) in [5, 5.41) is 11.8. The first-order chi connectivity index (χ1) is 9.49. The second-order valence-electron chi connectivity index (χ2n) is 5.35. The van der Waals surface area contributed by atoms with Crippen LogP contribution >= 0.6 is 0 Å². The van der Waals surface area contributed by atoms with Crippen LogP contribution in [0.4, 0.5) is 0 Å². The number of hydrogen-bond donors (Lipinski definition) is 2. The summed E-state index contributed by atoms with van der Waals surface area (Å²) in [4.78, 5) is 0. The third-order valence-electron chi connectivity index (χ3n) is 3.33. The lowest BCUT2D eigenvalue weighted by atomic mass is 9.86. The van der Waals surface area contributed by atoms with E-state index in [1.807, 2.05) is 38.1 Å². The molecule has 20 heavy (non-hydrogen) atoms. The second kappa shape index (κ2) is 7.62. The molecule has 0 heterocycles. The fraction of sp³-hybridized carbons (Fsp3) is 0.533. The van der Waals surface area contributed by atoms with E-state index < -0.39 is 0 Å². The van der Waals surface area contributed by atoms with Gasteiger partial charge in [-0.05, 0) is 43.5 Å². The van der Waals surface area contributed by atoms with Crippen LogP contribution in [0.5, 0.6) is 11.5 Å². The summed E-state index contributed by atoms with van der Waals surface area (Å²) < 4.78 is 10.7. The molecule has 0 amide bonds. The van der Waals surface area contributed by atoms with Gasteiger partial charge in [-0.1, -0.05) is 19.0 Å². The van der Waals surface area contributed by atoms with Crippen LogP contribution in [0.25, 0.3) is 0 Å². The predicted molar refractivity (Wildman–Crippen MR) is 79.5 cm³/mol. The molecule has 0 saturated carbocycles. The number of benzene rings is 1. The first-order valence-corrected chi connectivity index (χ1v) is 6.74. The molecule has 5 nitrogen and oxygen atoms in total. The van der Waals surface area contributed by atoms with Gasteiger partial charge in [-0.3, -0.25) is 0 Å². The largest absolute Gasteiger partial charge is 0.497 e. The molecule has 5 heteroatoms. The molecular formula is C15H24N2O3. The number of rotatable bonds is 8. The van der Waals surface area contributed by atoms with Gasteiger partial charge in [-0.25, -0.2) is 0 Å². The number of nitrogens with two attached hydrogens (primary N) is 1. The molecule has 0 fully saturated rings. The summed E-state index contributed by atoms with van der Waals surface area (Å²) in [6.07, 6.45) is 2.74. The average molecular weight is 280 g/mol. The van der Waals surface area contributed by atoms with Crippen molar-refractivity contribution in [3.63, 3.8) is 0 Å². The van der Waals surface area contributed by atoms with E-state index in [9.17, 15) is 0 Å². The zero-order chi connectivity index (χ0) is 15.0. The normalized spacial score (nSPS) is 12.2. The summed E-state index contributed by atoms with van der Waals surface area (Å²) >= 11 is 0. The van der Waals surface area contributed by atoms with E-state index in [2.05, 4.69) is 5.16 Å². The Morgan fingerprint density at radius 3 is 2.35 bits per heavy atom. The molecule has 0 atom stereocenters. The summed E-state index contributed by atoms with van der Waals surface area (Å²) in [5.41, 5.74) is 5.36. The molecule has 1 aromatic rings. The molecule has 1 aromatic carbocycles. The highest BCUT2D eigenvalue weighted by molar-refractivity contribution is 5.85. The van der Waals surface area contributed by atoms with E-state index in [1.54, 1.807) is 7.11 Å². The van der Waals surface area contributed by atoms with Gasteiger partial charge >= 0.3 is 0 Å². The molecule has 112 valence electrons. The minimum absolute atomic E-state index is 0.272. The standard InChI is InChI=1S/C15H24N2O3/c1-15(2,14(16)17-18)10-4-5-11-20-13-8-6-12(19-3)7-9-13/h6-9,18H,4-5,10-11H2,1-3H3,(H2,16,17). The van der Waals surface area contributed by atoms with Crippen LogP contribution < -0.4 is 15.2 Å². The van der Waals surface area contributed by atoms with Crippen molar-refractivity contribution in [3.8, 4) is 11.5 Å². The first kappa shape index (κ1) is 16.1.